The lowest BCUT2D eigenvalue weighted by Gasteiger charge is -2.15. The first-order valence-electron chi connectivity index (χ1n) is 8.07. The molecule has 0 heterocycles. The highest BCUT2D eigenvalue weighted by atomic mass is 16.5. The Balaban J connectivity index is 1.85. The number of allylic oxidation sites excluding steroid dienone is 1. The molecule has 0 bridgehead atoms. The van der Waals surface area contributed by atoms with Crippen molar-refractivity contribution in [2.45, 2.75) is 52.6 Å². The minimum absolute atomic E-state index is 0.304. The van der Waals surface area contributed by atoms with Gasteiger partial charge in [-0.2, -0.15) is 0 Å². The number of hydrogen-bond acceptors (Lipinski definition) is 2. The smallest absolute Gasteiger partial charge is 0.159 e. The molecule has 0 saturated carbocycles. The van der Waals surface area contributed by atoms with Crippen molar-refractivity contribution in [1.82, 2.24) is 0 Å². The maximum absolute atomic E-state index is 11.9. The Hall–Kier alpha value is -1.41. The van der Waals surface area contributed by atoms with Gasteiger partial charge in [-0.05, 0) is 30.9 Å². The third kappa shape index (κ3) is 4.53. The first kappa shape index (κ1) is 16.0. The van der Waals surface area contributed by atoms with E-state index in [0.29, 0.717) is 31.3 Å². The van der Waals surface area contributed by atoms with E-state index in [4.69, 9.17) is 4.74 Å². The molecule has 1 unspecified atom stereocenters. The standard InChI is InChI=1S/C19H26O2/c1-3-4-6-11-18-15(2)19(20)12-17(18)14-21-13-16-9-7-5-8-10-16/h5,7-10,17H,3-4,6,11-14H2,1-2H3. The van der Waals surface area contributed by atoms with E-state index in [-0.39, 0.29) is 0 Å². The monoisotopic (exact) mass is 286 g/mol. The second kappa shape index (κ2) is 8.14. The lowest BCUT2D eigenvalue weighted by Crippen LogP contribution is -2.10. The summed E-state index contributed by atoms with van der Waals surface area (Å²) in [6.07, 6.45) is 5.34. The number of carbonyl (C=O) groups is 1. The van der Waals surface area contributed by atoms with Crippen LogP contribution in [0.1, 0.15) is 51.5 Å². The van der Waals surface area contributed by atoms with E-state index in [1.54, 1.807) is 0 Å². The Morgan fingerprint density at radius 1 is 1.19 bits per heavy atom. The summed E-state index contributed by atoms with van der Waals surface area (Å²) in [5.74, 6) is 0.618. The highest BCUT2D eigenvalue weighted by molar-refractivity contribution is 5.98. The Morgan fingerprint density at radius 3 is 2.67 bits per heavy atom. The van der Waals surface area contributed by atoms with Crippen molar-refractivity contribution < 1.29 is 9.53 Å². The Bertz CT molecular complexity index is 488. The number of carbonyl (C=O) groups excluding carboxylic acids is 1. The molecule has 0 N–H and O–H groups in total. The summed E-state index contributed by atoms with van der Waals surface area (Å²) in [5, 5.41) is 0. The molecule has 1 aliphatic rings. The molecule has 1 aromatic carbocycles. The second-order valence-electron chi connectivity index (χ2n) is 5.93. The molecule has 0 aromatic heterocycles. The number of unbranched alkanes of at least 4 members (excludes halogenated alkanes) is 2. The second-order valence-corrected chi connectivity index (χ2v) is 5.93. The van der Waals surface area contributed by atoms with E-state index in [1.165, 1.54) is 30.4 Å². The van der Waals surface area contributed by atoms with E-state index >= 15 is 0 Å². The maximum atomic E-state index is 11.9. The van der Waals surface area contributed by atoms with Crippen LogP contribution >= 0.6 is 0 Å². The van der Waals surface area contributed by atoms with Crippen molar-refractivity contribution in [2.75, 3.05) is 6.61 Å². The van der Waals surface area contributed by atoms with E-state index in [2.05, 4.69) is 19.1 Å². The Morgan fingerprint density at radius 2 is 1.95 bits per heavy atom. The molecule has 2 heteroatoms. The first-order chi connectivity index (χ1) is 10.2. The van der Waals surface area contributed by atoms with Gasteiger partial charge in [0.05, 0.1) is 13.2 Å². The fraction of sp³-hybridized carbons (Fsp3) is 0.526. The quantitative estimate of drug-likeness (QED) is 0.648. The molecule has 114 valence electrons. The highest BCUT2D eigenvalue weighted by Gasteiger charge is 2.29. The average Bonchev–Trinajstić information content (AvgIpc) is 2.76. The van der Waals surface area contributed by atoms with Crippen molar-refractivity contribution in [3.8, 4) is 0 Å². The summed E-state index contributed by atoms with van der Waals surface area (Å²) in [4.78, 5) is 11.9. The third-order valence-electron chi connectivity index (χ3n) is 4.30. The Kier molecular flexibility index (Phi) is 6.19. The fourth-order valence-electron chi connectivity index (χ4n) is 3.00. The van der Waals surface area contributed by atoms with Crippen molar-refractivity contribution in [3.05, 3.63) is 47.0 Å². The van der Waals surface area contributed by atoms with Crippen LogP contribution in [-0.2, 0) is 16.1 Å². The van der Waals surface area contributed by atoms with Crippen LogP contribution in [0.4, 0.5) is 0 Å². The highest BCUT2D eigenvalue weighted by Crippen LogP contribution is 2.33. The maximum Gasteiger partial charge on any atom is 0.159 e. The van der Waals surface area contributed by atoms with Crippen LogP contribution in [0.3, 0.4) is 0 Å². The van der Waals surface area contributed by atoms with Crippen molar-refractivity contribution in [2.24, 2.45) is 5.92 Å². The number of hydrogen-bond donors (Lipinski definition) is 0. The number of rotatable bonds is 8. The zero-order valence-electron chi connectivity index (χ0n) is 13.2. The summed E-state index contributed by atoms with van der Waals surface area (Å²) in [6.45, 7) is 5.49. The number of ether oxygens (including phenoxy) is 1. The van der Waals surface area contributed by atoms with Gasteiger partial charge in [0.25, 0.3) is 0 Å². The SMILES string of the molecule is CCCCCC1=C(C)C(=O)CC1COCc1ccccc1. The molecule has 21 heavy (non-hydrogen) atoms. The minimum Gasteiger partial charge on any atom is -0.376 e. The van der Waals surface area contributed by atoms with Crippen molar-refractivity contribution >= 4 is 5.78 Å². The predicted molar refractivity (Wildman–Crippen MR) is 86.1 cm³/mol. The van der Waals surface area contributed by atoms with E-state index in [0.717, 1.165) is 12.0 Å². The van der Waals surface area contributed by atoms with Gasteiger partial charge in [-0.25, -0.2) is 0 Å². The zero-order chi connectivity index (χ0) is 15.1. The molecule has 1 aliphatic carbocycles. The molecular formula is C19H26O2. The Labute approximate surface area is 128 Å². The van der Waals surface area contributed by atoms with Crippen LogP contribution in [0, 0.1) is 5.92 Å². The number of benzene rings is 1. The topological polar surface area (TPSA) is 26.3 Å². The van der Waals surface area contributed by atoms with Gasteiger partial charge in [0.2, 0.25) is 0 Å². The molecule has 0 fully saturated rings. The summed E-state index contributed by atoms with van der Waals surface area (Å²) in [6, 6.07) is 10.2. The third-order valence-corrected chi connectivity index (χ3v) is 4.30. The van der Waals surface area contributed by atoms with E-state index < -0.39 is 0 Å². The molecule has 2 rings (SSSR count). The first-order valence-corrected chi connectivity index (χ1v) is 8.07. The van der Waals surface area contributed by atoms with Gasteiger partial charge in [0.1, 0.15) is 0 Å². The lowest BCUT2D eigenvalue weighted by molar-refractivity contribution is -0.115. The average molecular weight is 286 g/mol. The largest absolute Gasteiger partial charge is 0.376 e. The van der Waals surface area contributed by atoms with Gasteiger partial charge in [-0.3, -0.25) is 4.79 Å². The zero-order valence-corrected chi connectivity index (χ0v) is 13.2. The summed E-state index contributed by atoms with van der Waals surface area (Å²) in [7, 11) is 0. The lowest BCUT2D eigenvalue weighted by atomic mass is 9.96. The molecule has 2 nitrogen and oxygen atoms in total. The normalized spacial score (nSPS) is 18.6. The van der Waals surface area contributed by atoms with E-state index in [9.17, 15) is 4.79 Å². The number of Topliss-reactive ketones (excluding diaryl/α,β-unsaturated/α-hetero) is 1. The van der Waals surface area contributed by atoms with Crippen LogP contribution < -0.4 is 0 Å². The van der Waals surface area contributed by atoms with Crippen LogP contribution in [0.5, 0.6) is 0 Å². The summed E-state index contributed by atoms with van der Waals surface area (Å²) in [5.41, 5.74) is 3.54. The van der Waals surface area contributed by atoms with Crippen LogP contribution in [0.2, 0.25) is 0 Å². The minimum atomic E-state index is 0.304. The molecule has 0 saturated heterocycles. The number of ketones is 1. The molecule has 0 amide bonds. The molecule has 1 aromatic rings. The summed E-state index contributed by atoms with van der Waals surface area (Å²) < 4.78 is 5.85. The molecular weight excluding hydrogens is 260 g/mol. The van der Waals surface area contributed by atoms with Crippen LogP contribution in [0.25, 0.3) is 0 Å². The van der Waals surface area contributed by atoms with Gasteiger partial charge in [0, 0.05) is 12.3 Å². The van der Waals surface area contributed by atoms with Gasteiger partial charge in [0.15, 0.2) is 5.78 Å². The van der Waals surface area contributed by atoms with Gasteiger partial charge < -0.3 is 4.74 Å². The van der Waals surface area contributed by atoms with Crippen LogP contribution in [-0.4, -0.2) is 12.4 Å². The molecule has 1 atom stereocenters. The van der Waals surface area contributed by atoms with Crippen molar-refractivity contribution in [3.63, 3.8) is 0 Å². The van der Waals surface area contributed by atoms with Gasteiger partial charge >= 0.3 is 0 Å². The molecule has 0 aliphatic heterocycles. The van der Waals surface area contributed by atoms with Crippen LogP contribution in [0.15, 0.2) is 41.5 Å². The predicted octanol–water partition coefficient (Wildman–Crippen LogP) is 4.69. The van der Waals surface area contributed by atoms with Gasteiger partial charge in [-0.15, -0.1) is 0 Å². The van der Waals surface area contributed by atoms with Gasteiger partial charge in [-0.1, -0.05) is 55.7 Å². The summed E-state index contributed by atoms with van der Waals surface area (Å²) >= 11 is 0. The van der Waals surface area contributed by atoms with Crippen molar-refractivity contribution in [1.29, 1.82) is 0 Å². The van der Waals surface area contributed by atoms with E-state index in [1.807, 2.05) is 25.1 Å². The molecule has 0 radical (unpaired) electrons. The molecule has 0 spiro atoms. The fourth-order valence-corrected chi connectivity index (χ4v) is 3.00.